The molecule has 2 aromatic rings. The Morgan fingerprint density at radius 1 is 1.10 bits per heavy atom. The van der Waals surface area contributed by atoms with Crippen molar-refractivity contribution in [2.75, 3.05) is 7.11 Å². The molecule has 2 N–H and O–H groups in total. The van der Waals surface area contributed by atoms with E-state index >= 15 is 0 Å². The van der Waals surface area contributed by atoms with Crippen molar-refractivity contribution in [3.63, 3.8) is 0 Å². The van der Waals surface area contributed by atoms with E-state index in [1.54, 1.807) is 19.1 Å². The van der Waals surface area contributed by atoms with Gasteiger partial charge in [-0.25, -0.2) is 8.78 Å². The molecule has 20 heavy (non-hydrogen) atoms. The first-order chi connectivity index (χ1) is 9.45. The molecule has 0 heterocycles. The maximum atomic E-state index is 14.2. The zero-order chi connectivity index (χ0) is 14.9. The van der Waals surface area contributed by atoms with Gasteiger partial charge in [-0.05, 0) is 37.1 Å². The highest BCUT2D eigenvalue weighted by Gasteiger charge is 2.22. The Kier molecular flexibility index (Phi) is 4.04. The molecule has 0 aromatic heterocycles. The number of hydrogen-bond acceptors (Lipinski definition) is 2. The lowest BCUT2D eigenvalue weighted by Crippen LogP contribution is -2.17. The van der Waals surface area contributed by atoms with Crippen LogP contribution in [0.1, 0.15) is 28.3 Å². The first kappa shape index (κ1) is 14.5. The third-order valence-corrected chi connectivity index (χ3v) is 3.35. The van der Waals surface area contributed by atoms with Gasteiger partial charge in [0.15, 0.2) is 0 Å². The van der Waals surface area contributed by atoms with Gasteiger partial charge >= 0.3 is 0 Å². The summed E-state index contributed by atoms with van der Waals surface area (Å²) in [6.45, 7) is 3.49. The molecule has 0 saturated heterocycles. The van der Waals surface area contributed by atoms with E-state index in [4.69, 9.17) is 10.5 Å². The van der Waals surface area contributed by atoms with E-state index in [1.807, 2.05) is 13.0 Å². The Morgan fingerprint density at radius 3 is 2.45 bits per heavy atom. The van der Waals surface area contributed by atoms with Crippen molar-refractivity contribution in [2.45, 2.75) is 19.9 Å². The summed E-state index contributed by atoms with van der Waals surface area (Å²) in [6, 6.07) is 7.08. The van der Waals surface area contributed by atoms with Crippen LogP contribution in [0.25, 0.3) is 0 Å². The third-order valence-electron chi connectivity index (χ3n) is 3.35. The highest BCUT2D eigenvalue weighted by molar-refractivity contribution is 5.45. The summed E-state index contributed by atoms with van der Waals surface area (Å²) in [5.41, 5.74) is 7.83. The van der Waals surface area contributed by atoms with Gasteiger partial charge in [0.25, 0.3) is 0 Å². The Balaban J connectivity index is 2.57. The predicted octanol–water partition coefficient (Wildman–Crippen LogP) is 3.64. The topological polar surface area (TPSA) is 35.2 Å². The van der Waals surface area contributed by atoms with Crippen LogP contribution in [-0.2, 0) is 0 Å². The van der Waals surface area contributed by atoms with Crippen LogP contribution in [0.3, 0.4) is 0 Å². The van der Waals surface area contributed by atoms with Gasteiger partial charge in [0.2, 0.25) is 0 Å². The molecule has 2 aromatic carbocycles. The van der Waals surface area contributed by atoms with E-state index in [-0.39, 0.29) is 5.56 Å². The van der Waals surface area contributed by atoms with E-state index in [2.05, 4.69) is 0 Å². The summed E-state index contributed by atoms with van der Waals surface area (Å²) in [6.07, 6.45) is 0. The minimum Gasteiger partial charge on any atom is -0.496 e. The molecule has 106 valence electrons. The average Bonchev–Trinajstić information content (AvgIpc) is 2.43. The van der Waals surface area contributed by atoms with Gasteiger partial charge in [-0.3, -0.25) is 0 Å². The van der Waals surface area contributed by atoms with E-state index in [0.717, 1.165) is 5.56 Å². The predicted molar refractivity (Wildman–Crippen MR) is 74.9 cm³/mol. The minimum absolute atomic E-state index is 0.132. The van der Waals surface area contributed by atoms with Crippen molar-refractivity contribution in [2.24, 2.45) is 5.73 Å². The van der Waals surface area contributed by atoms with Crippen molar-refractivity contribution in [1.82, 2.24) is 0 Å². The lowest BCUT2D eigenvalue weighted by Gasteiger charge is -2.18. The molecular formula is C16H17F2NO. The zero-order valence-corrected chi connectivity index (χ0v) is 11.7. The molecular weight excluding hydrogens is 260 g/mol. The van der Waals surface area contributed by atoms with Crippen molar-refractivity contribution in [3.8, 4) is 5.75 Å². The van der Waals surface area contributed by atoms with E-state index in [0.29, 0.717) is 16.9 Å². The SMILES string of the molecule is COc1cc(C)ccc1C(N)c1c(F)ccc(C)c1F. The van der Waals surface area contributed by atoms with Crippen LogP contribution in [0.2, 0.25) is 0 Å². The number of ether oxygens (including phenoxy) is 1. The number of rotatable bonds is 3. The van der Waals surface area contributed by atoms with Gasteiger partial charge in [-0.15, -0.1) is 0 Å². The second-order valence-corrected chi connectivity index (χ2v) is 4.82. The maximum absolute atomic E-state index is 14.2. The Labute approximate surface area is 117 Å². The van der Waals surface area contributed by atoms with Crippen LogP contribution in [0.15, 0.2) is 30.3 Å². The molecule has 0 saturated carbocycles. The molecule has 4 heteroatoms. The maximum Gasteiger partial charge on any atom is 0.134 e. The molecule has 0 spiro atoms. The highest BCUT2D eigenvalue weighted by Crippen LogP contribution is 2.32. The number of aryl methyl sites for hydroxylation is 2. The van der Waals surface area contributed by atoms with Gasteiger partial charge in [-0.1, -0.05) is 18.2 Å². The molecule has 0 amide bonds. The number of hydrogen-bond donors (Lipinski definition) is 1. The van der Waals surface area contributed by atoms with Gasteiger partial charge in [0, 0.05) is 11.1 Å². The summed E-state index contributed by atoms with van der Waals surface area (Å²) < 4.78 is 33.3. The van der Waals surface area contributed by atoms with Crippen LogP contribution in [0.5, 0.6) is 5.75 Å². The van der Waals surface area contributed by atoms with Crippen molar-refractivity contribution < 1.29 is 13.5 Å². The second-order valence-electron chi connectivity index (χ2n) is 4.82. The van der Waals surface area contributed by atoms with Crippen LogP contribution < -0.4 is 10.5 Å². The summed E-state index contributed by atoms with van der Waals surface area (Å²) >= 11 is 0. The van der Waals surface area contributed by atoms with E-state index in [1.165, 1.54) is 19.2 Å². The summed E-state index contributed by atoms with van der Waals surface area (Å²) in [4.78, 5) is 0. The number of nitrogens with two attached hydrogens (primary N) is 1. The average molecular weight is 277 g/mol. The molecule has 2 rings (SSSR count). The summed E-state index contributed by atoms with van der Waals surface area (Å²) in [5, 5.41) is 0. The van der Waals surface area contributed by atoms with Gasteiger partial charge in [0.05, 0.1) is 13.2 Å². The van der Waals surface area contributed by atoms with Crippen molar-refractivity contribution >= 4 is 0 Å². The molecule has 0 aliphatic heterocycles. The Hall–Kier alpha value is -1.94. The lowest BCUT2D eigenvalue weighted by molar-refractivity contribution is 0.406. The molecule has 0 aliphatic rings. The van der Waals surface area contributed by atoms with Gasteiger partial charge in [0.1, 0.15) is 17.4 Å². The van der Waals surface area contributed by atoms with E-state index in [9.17, 15) is 8.78 Å². The lowest BCUT2D eigenvalue weighted by atomic mass is 9.95. The monoisotopic (exact) mass is 277 g/mol. The fourth-order valence-corrected chi connectivity index (χ4v) is 2.19. The largest absolute Gasteiger partial charge is 0.496 e. The Morgan fingerprint density at radius 2 is 1.80 bits per heavy atom. The second kappa shape index (κ2) is 5.59. The molecule has 1 atom stereocenters. The Bertz CT molecular complexity index is 641. The smallest absolute Gasteiger partial charge is 0.134 e. The first-order valence-electron chi connectivity index (χ1n) is 6.30. The number of halogens is 2. The van der Waals surface area contributed by atoms with Crippen LogP contribution in [0, 0.1) is 25.5 Å². The molecule has 0 radical (unpaired) electrons. The number of methoxy groups -OCH3 is 1. The quantitative estimate of drug-likeness (QED) is 0.929. The fourth-order valence-electron chi connectivity index (χ4n) is 2.19. The standard InChI is InChI=1S/C16H17F2NO/c1-9-4-6-11(13(8-9)20-3)16(19)14-12(17)7-5-10(2)15(14)18/h4-8,16H,19H2,1-3H3. The van der Waals surface area contributed by atoms with E-state index < -0.39 is 17.7 Å². The molecule has 1 unspecified atom stereocenters. The molecule has 2 nitrogen and oxygen atoms in total. The minimum atomic E-state index is -0.912. The van der Waals surface area contributed by atoms with Crippen LogP contribution in [0.4, 0.5) is 8.78 Å². The molecule has 0 bridgehead atoms. The molecule has 0 aliphatic carbocycles. The van der Waals surface area contributed by atoms with Gasteiger partial charge < -0.3 is 10.5 Å². The molecule has 0 fully saturated rings. The zero-order valence-electron chi connectivity index (χ0n) is 11.7. The van der Waals surface area contributed by atoms with Crippen LogP contribution in [-0.4, -0.2) is 7.11 Å². The van der Waals surface area contributed by atoms with Crippen molar-refractivity contribution in [1.29, 1.82) is 0 Å². The summed E-state index contributed by atoms with van der Waals surface area (Å²) in [5.74, 6) is -0.735. The summed E-state index contributed by atoms with van der Waals surface area (Å²) in [7, 11) is 1.51. The number of benzene rings is 2. The fraction of sp³-hybridized carbons (Fsp3) is 0.250. The third kappa shape index (κ3) is 2.51. The first-order valence-corrected chi connectivity index (χ1v) is 6.30. The van der Waals surface area contributed by atoms with Gasteiger partial charge in [-0.2, -0.15) is 0 Å². The highest BCUT2D eigenvalue weighted by atomic mass is 19.1. The normalized spacial score (nSPS) is 12.3. The van der Waals surface area contributed by atoms with Crippen LogP contribution >= 0.6 is 0 Å². The van der Waals surface area contributed by atoms with Crippen molar-refractivity contribution in [3.05, 3.63) is 64.2 Å².